The van der Waals surface area contributed by atoms with Gasteiger partial charge in [-0.2, -0.15) is 0 Å². The zero-order valence-corrected chi connectivity index (χ0v) is 38.7. The first-order chi connectivity index (χ1) is 30.5. The number of nitrogens with zero attached hydrogens (tertiary/aromatic N) is 5. The lowest BCUT2D eigenvalue weighted by Crippen LogP contribution is -2.62. The summed E-state index contributed by atoms with van der Waals surface area (Å²) in [6.07, 6.45) is 3.28. The summed E-state index contributed by atoms with van der Waals surface area (Å²) in [5.74, 6) is -2.27. The second-order valence-corrected chi connectivity index (χ2v) is 18.7. The smallest absolute Gasteiger partial charge is 0.324 e. The maximum Gasteiger partial charge on any atom is 0.324 e. The molecule has 2 saturated heterocycles. The molecule has 15 nitrogen and oxygen atoms in total. The maximum absolute atomic E-state index is 14.6. The van der Waals surface area contributed by atoms with Gasteiger partial charge in [0.1, 0.15) is 18.1 Å². The van der Waals surface area contributed by atoms with Gasteiger partial charge in [0.25, 0.3) is 5.91 Å². The average molecular weight is 877 g/mol. The summed E-state index contributed by atoms with van der Waals surface area (Å²) in [4.78, 5) is 76.6. The number of hydrazine groups is 1. The number of likely N-dealkylation sites (N-methyl/N-ethyl adjacent to an activating group) is 2. The first-order valence-electron chi connectivity index (χ1n) is 22.5. The number of benzene rings is 2. The Bertz CT molecular complexity index is 2410. The van der Waals surface area contributed by atoms with Gasteiger partial charge in [-0.1, -0.05) is 58.0 Å². The number of carbonyl (C=O) groups is 5. The van der Waals surface area contributed by atoms with Crippen LogP contribution in [0.5, 0.6) is 0 Å². The zero-order valence-electron chi connectivity index (χ0n) is 38.7. The number of hydrogen-bond donors (Lipinski definition) is 3. The first-order valence-corrected chi connectivity index (χ1v) is 22.5. The van der Waals surface area contributed by atoms with E-state index in [9.17, 15) is 24.0 Å². The number of pyridine rings is 1. The molecule has 6 bridgehead atoms. The monoisotopic (exact) mass is 876 g/mol. The molecular weight excluding hydrogens is 813 g/mol. The van der Waals surface area contributed by atoms with Crippen LogP contribution < -0.4 is 16.1 Å². The highest BCUT2D eigenvalue weighted by atomic mass is 16.5. The van der Waals surface area contributed by atoms with Crippen LogP contribution in [0, 0.1) is 11.3 Å². The minimum atomic E-state index is -1.06. The highest BCUT2D eigenvalue weighted by Gasteiger charge is 2.39. The second kappa shape index (κ2) is 19.2. The van der Waals surface area contributed by atoms with Gasteiger partial charge in [-0.05, 0) is 85.5 Å². The van der Waals surface area contributed by atoms with E-state index >= 15 is 0 Å². The van der Waals surface area contributed by atoms with Gasteiger partial charge in [-0.25, -0.2) is 5.43 Å². The molecule has 5 atom stereocenters. The molecule has 4 amide bonds. The number of hydrogen-bond acceptors (Lipinski definition) is 10. The summed E-state index contributed by atoms with van der Waals surface area (Å²) in [6.45, 7) is 13.5. The third-order valence-corrected chi connectivity index (χ3v) is 12.8. The van der Waals surface area contributed by atoms with E-state index in [1.165, 1.54) is 14.8 Å². The van der Waals surface area contributed by atoms with Gasteiger partial charge < -0.3 is 34.5 Å². The summed E-state index contributed by atoms with van der Waals surface area (Å²) >= 11 is 0. The number of rotatable bonds is 11. The van der Waals surface area contributed by atoms with Crippen LogP contribution in [0.1, 0.15) is 77.3 Å². The van der Waals surface area contributed by atoms with Crippen LogP contribution in [0.3, 0.4) is 0 Å². The predicted octanol–water partition coefficient (Wildman–Crippen LogP) is 4.66. The van der Waals surface area contributed by atoms with Crippen molar-refractivity contribution >= 4 is 40.5 Å². The Morgan fingerprint density at radius 3 is 2.50 bits per heavy atom. The Labute approximate surface area is 376 Å². The van der Waals surface area contributed by atoms with Gasteiger partial charge in [0.15, 0.2) is 0 Å². The Morgan fingerprint density at radius 2 is 1.80 bits per heavy atom. The molecule has 0 aliphatic carbocycles. The number of ether oxygens (including phenoxy) is 2. The van der Waals surface area contributed by atoms with Crippen molar-refractivity contribution in [3.8, 4) is 22.4 Å². The third kappa shape index (κ3) is 9.86. The molecule has 5 heterocycles. The molecule has 342 valence electrons. The number of esters is 1. The van der Waals surface area contributed by atoms with E-state index in [4.69, 9.17) is 14.5 Å². The number of carbonyl (C=O) groups excluding carboxylic acids is 5. The van der Waals surface area contributed by atoms with Gasteiger partial charge in [0.05, 0.1) is 36.7 Å². The molecule has 4 aromatic rings. The van der Waals surface area contributed by atoms with Crippen LogP contribution >= 0.6 is 0 Å². The van der Waals surface area contributed by atoms with E-state index in [0.29, 0.717) is 38.9 Å². The summed E-state index contributed by atoms with van der Waals surface area (Å²) in [5.41, 5.74) is 10.4. The molecule has 15 heteroatoms. The van der Waals surface area contributed by atoms with E-state index < -0.39 is 47.2 Å². The highest BCUT2D eigenvalue weighted by Crippen LogP contribution is 2.42. The average Bonchev–Trinajstić information content (AvgIpc) is 4.09. The number of nitrogens with one attached hydrogen (secondary N) is 3. The molecule has 2 fully saturated rings. The summed E-state index contributed by atoms with van der Waals surface area (Å²) < 4.78 is 14.3. The van der Waals surface area contributed by atoms with Gasteiger partial charge >= 0.3 is 5.97 Å². The SMILES string of the molecule is CCn1c(-c2cccnc2[C@H](C)OC)c2c3cc(ccc31)-c1cccc(c1)C[C@H](NC(=O)C(C(C)C)N(C)C(=O)CN(C)C(=O)[C@H]1CN1)C(=O)N1CCC[C@H](N1)C(=O)OCC(C)(C)C2. The van der Waals surface area contributed by atoms with Gasteiger partial charge in [-0.15, -0.1) is 0 Å². The highest BCUT2D eigenvalue weighted by molar-refractivity contribution is 5.96. The largest absolute Gasteiger partial charge is 0.464 e. The minimum absolute atomic E-state index is 0.134. The lowest BCUT2D eigenvalue weighted by atomic mass is 9.84. The number of aryl methyl sites for hydroxylation is 1. The Hall–Kier alpha value is -5.64. The van der Waals surface area contributed by atoms with Crippen LogP contribution in [0.4, 0.5) is 0 Å². The number of fused-ring (bicyclic) bond motifs is 6. The van der Waals surface area contributed by atoms with E-state index in [1.54, 1.807) is 27.4 Å². The van der Waals surface area contributed by atoms with Crippen LogP contribution in [0.15, 0.2) is 60.8 Å². The minimum Gasteiger partial charge on any atom is -0.464 e. The van der Waals surface area contributed by atoms with Crippen molar-refractivity contribution in [3.63, 3.8) is 0 Å². The molecule has 0 radical (unpaired) electrons. The Kier molecular flexibility index (Phi) is 13.9. The van der Waals surface area contributed by atoms with Gasteiger partial charge in [0.2, 0.25) is 17.7 Å². The molecule has 3 N–H and O–H groups in total. The zero-order chi connectivity index (χ0) is 46.0. The van der Waals surface area contributed by atoms with Gasteiger partial charge in [0, 0.05) is 75.3 Å². The predicted molar refractivity (Wildman–Crippen MR) is 244 cm³/mol. The topological polar surface area (TPSA) is 177 Å². The number of methoxy groups -OCH3 is 1. The standard InChI is InChI=1S/C49H64N8O7/c1-10-56-40-19-18-33-24-35(40)36(44(56)34-16-12-20-50-42(34)30(4)63-9)25-49(5,6)28-64-48(62)37-17-13-21-57(53-37)47(61)38(23-31-14-11-15-32(33)22-31)52-45(59)43(29(2)3)55(8)41(58)27-54(7)46(60)39-26-51-39/h11-12,14-16,18-20,22,24,29-30,37-39,43,51,53H,10,13,17,21,23,25-28H2,1-9H3,(H,52,59)/t30-,37-,38-,39+,43?/m0/s1. The quantitative estimate of drug-likeness (QED) is 0.142. The normalized spacial score (nSPS) is 20.8. The molecule has 7 rings (SSSR count). The fraction of sp³-hybridized carbons (Fsp3) is 0.510. The van der Waals surface area contributed by atoms with Crippen LogP contribution in [-0.4, -0.2) is 126 Å². The van der Waals surface area contributed by atoms with Gasteiger partial charge in [-0.3, -0.25) is 34.0 Å². The molecule has 64 heavy (non-hydrogen) atoms. The summed E-state index contributed by atoms with van der Waals surface area (Å²) in [6, 6.07) is 15.5. The van der Waals surface area contributed by atoms with Crippen molar-refractivity contribution in [2.75, 3.05) is 47.4 Å². The molecule has 0 saturated carbocycles. The lowest BCUT2D eigenvalue weighted by Gasteiger charge is -2.37. The fourth-order valence-electron chi connectivity index (χ4n) is 9.22. The molecule has 2 aromatic carbocycles. The second-order valence-electron chi connectivity index (χ2n) is 18.7. The molecule has 1 unspecified atom stereocenters. The van der Waals surface area contributed by atoms with Crippen LogP contribution in [0.25, 0.3) is 33.3 Å². The molecule has 0 spiro atoms. The molecular formula is C49H64N8O7. The van der Waals surface area contributed by atoms with E-state index in [2.05, 4.69) is 71.7 Å². The maximum atomic E-state index is 14.6. The number of amides is 4. The van der Waals surface area contributed by atoms with Crippen molar-refractivity contribution < 1.29 is 33.4 Å². The van der Waals surface area contributed by atoms with Crippen molar-refractivity contribution in [3.05, 3.63) is 77.6 Å². The van der Waals surface area contributed by atoms with Crippen molar-refractivity contribution in [1.82, 2.24) is 40.4 Å². The van der Waals surface area contributed by atoms with Crippen molar-refractivity contribution in [1.29, 1.82) is 0 Å². The number of cyclic esters (lactones) is 1. The molecule has 2 aromatic heterocycles. The van der Waals surface area contributed by atoms with Crippen molar-refractivity contribution in [2.24, 2.45) is 11.3 Å². The summed E-state index contributed by atoms with van der Waals surface area (Å²) in [7, 11) is 4.81. The first kappa shape index (κ1) is 46.4. The lowest BCUT2D eigenvalue weighted by molar-refractivity contribution is -0.155. The van der Waals surface area contributed by atoms with E-state index in [0.717, 1.165) is 50.1 Å². The Morgan fingerprint density at radius 1 is 1.05 bits per heavy atom. The van der Waals surface area contributed by atoms with E-state index in [1.807, 2.05) is 45.0 Å². The van der Waals surface area contributed by atoms with Crippen LogP contribution in [-0.2, 0) is 52.8 Å². The number of aromatic nitrogens is 2. The van der Waals surface area contributed by atoms with Crippen molar-refractivity contribution in [2.45, 2.75) is 104 Å². The Balaban J connectivity index is 1.29. The van der Waals surface area contributed by atoms with E-state index in [-0.39, 0.29) is 43.5 Å². The third-order valence-electron chi connectivity index (χ3n) is 12.8. The molecule has 3 aliphatic heterocycles. The summed E-state index contributed by atoms with van der Waals surface area (Å²) in [5, 5.41) is 8.49. The molecule has 3 aliphatic rings. The van der Waals surface area contributed by atoms with Crippen LogP contribution in [0.2, 0.25) is 0 Å². The fourth-order valence-corrected chi connectivity index (χ4v) is 9.22.